The van der Waals surface area contributed by atoms with E-state index < -0.39 is 5.97 Å². The molecule has 1 aromatic carbocycles. The molecule has 0 atom stereocenters. The van der Waals surface area contributed by atoms with E-state index in [4.69, 9.17) is 0 Å². The first kappa shape index (κ1) is 14.3. The number of hydrogen-bond donors (Lipinski definition) is 1. The first-order valence-electron chi connectivity index (χ1n) is 6.93. The quantitative estimate of drug-likeness (QED) is 0.905. The highest BCUT2D eigenvalue weighted by Gasteiger charge is 2.18. The van der Waals surface area contributed by atoms with E-state index in [1.54, 1.807) is 4.68 Å². The second kappa shape index (κ2) is 5.90. The molecule has 0 aliphatic rings. The van der Waals surface area contributed by atoms with Crippen molar-refractivity contribution in [3.05, 3.63) is 46.8 Å². The molecule has 2 aromatic rings. The van der Waals surface area contributed by atoms with Gasteiger partial charge >= 0.3 is 5.97 Å². The summed E-state index contributed by atoms with van der Waals surface area (Å²) in [4.78, 5) is 11.3. The van der Waals surface area contributed by atoms with E-state index in [1.807, 2.05) is 32.0 Å². The van der Waals surface area contributed by atoms with Gasteiger partial charge in [0.15, 0.2) is 0 Å². The van der Waals surface area contributed by atoms with Crippen LogP contribution in [0.3, 0.4) is 0 Å². The summed E-state index contributed by atoms with van der Waals surface area (Å²) in [6.45, 7) is 6.14. The highest BCUT2D eigenvalue weighted by Crippen LogP contribution is 2.23. The summed E-state index contributed by atoms with van der Waals surface area (Å²) < 4.78 is 1.80. The van der Waals surface area contributed by atoms with Gasteiger partial charge in [-0.1, -0.05) is 31.5 Å². The predicted octanol–water partition coefficient (Wildman–Crippen LogP) is 3.53. The van der Waals surface area contributed by atoms with E-state index in [0.29, 0.717) is 5.56 Å². The Balaban J connectivity index is 2.59. The van der Waals surface area contributed by atoms with Crippen LogP contribution in [-0.4, -0.2) is 20.9 Å². The smallest absolute Gasteiger partial charge is 0.339 e. The number of carboxylic acid groups (broad SMARTS) is 1. The molecule has 20 heavy (non-hydrogen) atoms. The maximum atomic E-state index is 11.3. The average Bonchev–Trinajstić information content (AvgIpc) is 2.80. The Morgan fingerprint density at radius 2 is 1.95 bits per heavy atom. The van der Waals surface area contributed by atoms with Crippen LogP contribution in [-0.2, 0) is 6.42 Å². The molecule has 0 aliphatic heterocycles. The van der Waals surface area contributed by atoms with Gasteiger partial charge in [-0.25, -0.2) is 9.48 Å². The summed E-state index contributed by atoms with van der Waals surface area (Å²) in [5.74, 6) is -0.909. The molecule has 4 heteroatoms. The van der Waals surface area contributed by atoms with Crippen LogP contribution in [0.5, 0.6) is 0 Å². The van der Waals surface area contributed by atoms with Gasteiger partial charge in [0.2, 0.25) is 0 Å². The number of aromatic nitrogens is 2. The van der Waals surface area contributed by atoms with Crippen LogP contribution in [0.15, 0.2) is 24.4 Å². The highest BCUT2D eigenvalue weighted by atomic mass is 16.4. The number of hydrogen-bond acceptors (Lipinski definition) is 2. The molecule has 4 nitrogen and oxygen atoms in total. The van der Waals surface area contributed by atoms with Crippen molar-refractivity contribution in [1.82, 2.24) is 9.78 Å². The van der Waals surface area contributed by atoms with Crippen LogP contribution < -0.4 is 0 Å². The second-order valence-corrected chi connectivity index (χ2v) is 5.07. The topological polar surface area (TPSA) is 55.1 Å². The number of benzene rings is 1. The Morgan fingerprint density at radius 3 is 2.50 bits per heavy atom. The number of nitrogens with zero attached hydrogens (tertiary/aromatic N) is 2. The molecule has 0 unspecified atom stereocenters. The first-order chi connectivity index (χ1) is 9.56. The SMILES string of the molecule is CCCCc1c(C(=O)O)cnn1-c1c(C)cccc1C. The largest absolute Gasteiger partial charge is 0.478 e. The van der Waals surface area contributed by atoms with Gasteiger partial charge in [0.05, 0.1) is 17.6 Å². The van der Waals surface area contributed by atoms with Crippen LogP contribution in [0.25, 0.3) is 5.69 Å². The van der Waals surface area contributed by atoms with Gasteiger partial charge < -0.3 is 5.11 Å². The summed E-state index contributed by atoms with van der Waals surface area (Å²) in [5, 5.41) is 13.6. The number of para-hydroxylation sites is 1. The molecule has 106 valence electrons. The zero-order valence-electron chi connectivity index (χ0n) is 12.2. The van der Waals surface area contributed by atoms with Crippen LogP contribution in [0.2, 0.25) is 0 Å². The van der Waals surface area contributed by atoms with Crippen molar-refractivity contribution in [2.24, 2.45) is 0 Å². The van der Waals surface area contributed by atoms with Crippen molar-refractivity contribution in [2.45, 2.75) is 40.0 Å². The Kier molecular flexibility index (Phi) is 4.23. The molecule has 0 fully saturated rings. The maximum absolute atomic E-state index is 11.3. The van der Waals surface area contributed by atoms with Crippen molar-refractivity contribution in [3.63, 3.8) is 0 Å². The molecule has 2 rings (SSSR count). The van der Waals surface area contributed by atoms with E-state index in [-0.39, 0.29) is 0 Å². The molecule has 0 aliphatic carbocycles. The molecule has 0 saturated heterocycles. The van der Waals surface area contributed by atoms with E-state index in [0.717, 1.165) is 41.8 Å². The lowest BCUT2D eigenvalue weighted by molar-refractivity contribution is 0.0695. The third-order valence-corrected chi connectivity index (χ3v) is 3.52. The highest BCUT2D eigenvalue weighted by molar-refractivity contribution is 5.88. The van der Waals surface area contributed by atoms with Crippen LogP contribution in [0.1, 0.15) is 46.9 Å². The van der Waals surface area contributed by atoms with E-state index in [9.17, 15) is 9.90 Å². The van der Waals surface area contributed by atoms with Crippen LogP contribution in [0, 0.1) is 13.8 Å². The fraction of sp³-hybridized carbons (Fsp3) is 0.375. The molecular formula is C16H20N2O2. The average molecular weight is 272 g/mol. The Bertz CT molecular complexity index is 609. The number of carbonyl (C=O) groups is 1. The lowest BCUT2D eigenvalue weighted by Crippen LogP contribution is -2.09. The third-order valence-electron chi connectivity index (χ3n) is 3.52. The van der Waals surface area contributed by atoms with Gasteiger partial charge in [0.25, 0.3) is 0 Å². The molecule has 1 aromatic heterocycles. The molecule has 0 saturated carbocycles. The summed E-state index contributed by atoms with van der Waals surface area (Å²) in [5.41, 5.74) is 4.29. The summed E-state index contributed by atoms with van der Waals surface area (Å²) >= 11 is 0. The van der Waals surface area contributed by atoms with E-state index in [2.05, 4.69) is 12.0 Å². The number of carboxylic acids is 1. The molecular weight excluding hydrogens is 252 g/mol. The normalized spacial score (nSPS) is 10.8. The van der Waals surface area contributed by atoms with Gasteiger partial charge in [-0.05, 0) is 37.8 Å². The molecule has 1 heterocycles. The molecule has 0 amide bonds. The van der Waals surface area contributed by atoms with Crippen molar-refractivity contribution in [1.29, 1.82) is 0 Å². The number of aromatic carboxylic acids is 1. The van der Waals surface area contributed by atoms with Crippen molar-refractivity contribution < 1.29 is 9.90 Å². The molecule has 0 spiro atoms. The third kappa shape index (κ3) is 2.59. The first-order valence-corrected chi connectivity index (χ1v) is 6.93. The van der Waals surface area contributed by atoms with Gasteiger partial charge in [0.1, 0.15) is 5.56 Å². The predicted molar refractivity (Wildman–Crippen MR) is 78.6 cm³/mol. The second-order valence-electron chi connectivity index (χ2n) is 5.07. The van der Waals surface area contributed by atoms with Crippen molar-refractivity contribution in [2.75, 3.05) is 0 Å². The zero-order valence-corrected chi connectivity index (χ0v) is 12.2. The fourth-order valence-corrected chi connectivity index (χ4v) is 2.47. The lowest BCUT2D eigenvalue weighted by atomic mass is 10.1. The van der Waals surface area contributed by atoms with Gasteiger partial charge in [-0.15, -0.1) is 0 Å². The maximum Gasteiger partial charge on any atom is 0.339 e. The number of aryl methyl sites for hydroxylation is 2. The minimum absolute atomic E-state index is 0.307. The van der Waals surface area contributed by atoms with Crippen LogP contribution in [0.4, 0.5) is 0 Å². The summed E-state index contributed by atoms with van der Waals surface area (Å²) in [6.07, 6.45) is 4.17. The minimum atomic E-state index is -0.909. The Morgan fingerprint density at radius 1 is 1.30 bits per heavy atom. The van der Waals surface area contributed by atoms with E-state index in [1.165, 1.54) is 6.20 Å². The summed E-state index contributed by atoms with van der Waals surface area (Å²) in [6, 6.07) is 6.05. The molecule has 0 radical (unpaired) electrons. The van der Waals surface area contributed by atoms with Gasteiger partial charge in [0, 0.05) is 0 Å². The van der Waals surface area contributed by atoms with Crippen molar-refractivity contribution in [3.8, 4) is 5.69 Å². The Hall–Kier alpha value is -2.10. The van der Waals surface area contributed by atoms with Crippen LogP contribution >= 0.6 is 0 Å². The minimum Gasteiger partial charge on any atom is -0.478 e. The lowest BCUT2D eigenvalue weighted by Gasteiger charge is -2.13. The molecule has 0 bridgehead atoms. The monoisotopic (exact) mass is 272 g/mol. The van der Waals surface area contributed by atoms with Gasteiger partial charge in [-0.3, -0.25) is 0 Å². The van der Waals surface area contributed by atoms with Crippen molar-refractivity contribution >= 4 is 5.97 Å². The number of rotatable bonds is 5. The van der Waals surface area contributed by atoms with Gasteiger partial charge in [-0.2, -0.15) is 5.10 Å². The number of unbranched alkanes of at least 4 members (excludes halogenated alkanes) is 1. The Labute approximate surface area is 119 Å². The molecule has 1 N–H and O–H groups in total. The van der Waals surface area contributed by atoms with E-state index >= 15 is 0 Å². The summed E-state index contributed by atoms with van der Waals surface area (Å²) in [7, 11) is 0. The standard InChI is InChI=1S/C16H20N2O2/c1-4-5-9-14-13(16(19)20)10-17-18(14)15-11(2)7-6-8-12(15)3/h6-8,10H,4-5,9H2,1-3H3,(H,19,20). The zero-order chi connectivity index (χ0) is 14.7. The fourth-order valence-electron chi connectivity index (χ4n) is 2.47.